The Balaban J connectivity index is 2.28. The van der Waals surface area contributed by atoms with Gasteiger partial charge in [-0.3, -0.25) is 9.10 Å². The van der Waals surface area contributed by atoms with E-state index in [9.17, 15) is 13.2 Å². The van der Waals surface area contributed by atoms with Crippen molar-refractivity contribution in [1.29, 1.82) is 0 Å². The molecule has 0 radical (unpaired) electrons. The number of carbonyl (C=O) groups is 1. The molecule has 0 aliphatic heterocycles. The van der Waals surface area contributed by atoms with Crippen LogP contribution in [0.3, 0.4) is 0 Å². The first-order valence-electron chi connectivity index (χ1n) is 9.32. The Kier molecular flexibility index (Phi) is 6.55. The average Bonchev–Trinajstić information content (AvgIpc) is 2.51. The Hall–Kier alpha value is -2.34. The number of hydrogen-bond acceptors (Lipinski definition) is 3. The molecule has 6 heteroatoms. The highest BCUT2D eigenvalue weighted by molar-refractivity contribution is 7.92. The van der Waals surface area contributed by atoms with Gasteiger partial charge < -0.3 is 5.32 Å². The molecular weight excluding hydrogens is 372 g/mol. The van der Waals surface area contributed by atoms with Crippen molar-refractivity contribution in [1.82, 2.24) is 5.32 Å². The van der Waals surface area contributed by atoms with Gasteiger partial charge in [0.2, 0.25) is 15.9 Å². The summed E-state index contributed by atoms with van der Waals surface area (Å²) in [4.78, 5) is 12.7. The van der Waals surface area contributed by atoms with Crippen molar-refractivity contribution in [3.63, 3.8) is 0 Å². The zero-order valence-electron chi connectivity index (χ0n) is 17.8. The van der Waals surface area contributed by atoms with Crippen LogP contribution in [-0.2, 0) is 14.8 Å². The molecule has 0 spiro atoms. The molecule has 0 unspecified atom stereocenters. The molecule has 5 nitrogen and oxygen atoms in total. The molecule has 1 N–H and O–H groups in total. The maximum Gasteiger partial charge on any atom is 0.241 e. The monoisotopic (exact) mass is 402 g/mol. The molecule has 152 valence electrons. The van der Waals surface area contributed by atoms with Crippen LogP contribution >= 0.6 is 0 Å². The molecule has 2 aromatic carbocycles. The van der Waals surface area contributed by atoms with E-state index in [2.05, 4.69) is 11.4 Å². The molecule has 1 atom stereocenters. The standard InChI is InChI=1S/C22H30N2O3S/c1-14-8-9-20(16(3)10-14)19(6)23-21(25)13-24(28(7,26)27)22-17(4)11-15(2)12-18(22)5/h8-12,19H,13H2,1-7H3,(H,23,25)/t19-/m1/s1. The summed E-state index contributed by atoms with van der Waals surface area (Å²) in [7, 11) is -3.61. The second-order valence-corrected chi connectivity index (χ2v) is 9.57. The fourth-order valence-corrected chi connectivity index (χ4v) is 4.71. The van der Waals surface area contributed by atoms with E-state index in [0.717, 1.165) is 39.6 Å². The van der Waals surface area contributed by atoms with E-state index in [1.54, 1.807) is 0 Å². The molecule has 0 aliphatic rings. The number of nitrogens with zero attached hydrogens (tertiary/aromatic N) is 1. The van der Waals surface area contributed by atoms with Gasteiger partial charge in [0.15, 0.2) is 0 Å². The lowest BCUT2D eigenvalue weighted by Crippen LogP contribution is -2.41. The van der Waals surface area contributed by atoms with Gasteiger partial charge in [-0.1, -0.05) is 41.5 Å². The zero-order chi connectivity index (χ0) is 21.2. The Morgan fingerprint density at radius 1 is 0.964 bits per heavy atom. The fourth-order valence-electron chi connectivity index (χ4n) is 3.73. The first-order chi connectivity index (χ1) is 12.9. The van der Waals surface area contributed by atoms with Gasteiger partial charge in [0.1, 0.15) is 6.54 Å². The summed E-state index contributed by atoms with van der Waals surface area (Å²) in [5.41, 5.74) is 6.57. The summed E-state index contributed by atoms with van der Waals surface area (Å²) in [6.07, 6.45) is 1.13. The van der Waals surface area contributed by atoms with E-state index in [4.69, 9.17) is 0 Å². The Labute approximate surface area is 168 Å². The average molecular weight is 403 g/mol. The minimum absolute atomic E-state index is 0.213. The number of sulfonamides is 1. The number of hydrogen-bond donors (Lipinski definition) is 1. The van der Waals surface area contributed by atoms with Gasteiger partial charge >= 0.3 is 0 Å². The van der Waals surface area contributed by atoms with E-state index in [-0.39, 0.29) is 18.5 Å². The van der Waals surface area contributed by atoms with E-state index >= 15 is 0 Å². The normalized spacial score (nSPS) is 12.5. The second kappa shape index (κ2) is 8.35. The molecule has 0 saturated carbocycles. The van der Waals surface area contributed by atoms with Gasteiger partial charge in [-0.15, -0.1) is 0 Å². The summed E-state index contributed by atoms with van der Waals surface area (Å²) >= 11 is 0. The first kappa shape index (κ1) is 22.0. The number of anilines is 1. The van der Waals surface area contributed by atoms with Crippen molar-refractivity contribution in [3.05, 3.63) is 63.7 Å². The minimum Gasteiger partial charge on any atom is -0.348 e. The van der Waals surface area contributed by atoms with E-state index in [1.165, 1.54) is 4.31 Å². The third kappa shape index (κ3) is 5.13. The van der Waals surface area contributed by atoms with Crippen LogP contribution in [0.5, 0.6) is 0 Å². The number of rotatable bonds is 6. The van der Waals surface area contributed by atoms with Crippen molar-refractivity contribution < 1.29 is 13.2 Å². The molecule has 2 aromatic rings. The molecule has 0 bridgehead atoms. The summed E-state index contributed by atoms with van der Waals surface area (Å²) < 4.78 is 26.1. The van der Waals surface area contributed by atoms with Crippen LogP contribution in [0, 0.1) is 34.6 Å². The summed E-state index contributed by atoms with van der Waals surface area (Å²) in [6.45, 7) is 11.4. The van der Waals surface area contributed by atoms with Gasteiger partial charge in [-0.05, 0) is 63.8 Å². The quantitative estimate of drug-likeness (QED) is 0.798. The lowest BCUT2D eigenvalue weighted by atomic mass is 10.0. The first-order valence-corrected chi connectivity index (χ1v) is 11.2. The highest BCUT2D eigenvalue weighted by atomic mass is 32.2. The predicted octanol–water partition coefficient (Wildman–Crippen LogP) is 3.87. The molecule has 0 saturated heterocycles. The molecule has 1 amide bonds. The summed E-state index contributed by atoms with van der Waals surface area (Å²) in [5.74, 6) is -0.336. The van der Waals surface area contributed by atoms with E-state index < -0.39 is 10.0 Å². The number of amides is 1. The van der Waals surface area contributed by atoms with Crippen LogP contribution in [-0.4, -0.2) is 27.1 Å². The van der Waals surface area contributed by atoms with Crippen molar-refractivity contribution in [3.8, 4) is 0 Å². The number of aryl methyl sites for hydroxylation is 5. The molecule has 0 fully saturated rings. The third-order valence-corrected chi connectivity index (χ3v) is 5.95. The Morgan fingerprint density at radius 3 is 2.00 bits per heavy atom. The summed E-state index contributed by atoms with van der Waals surface area (Å²) in [5, 5.41) is 2.93. The van der Waals surface area contributed by atoms with Crippen LogP contribution in [0.4, 0.5) is 5.69 Å². The molecule has 28 heavy (non-hydrogen) atoms. The largest absolute Gasteiger partial charge is 0.348 e. The molecule has 0 heterocycles. The van der Waals surface area contributed by atoms with Gasteiger partial charge in [0.05, 0.1) is 18.0 Å². The van der Waals surface area contributed by atoms with Crippen molar-refractivity contribution in [2.45, 2.75) is 47.6 Å². The van der Waals surface area contributed by atoms with Gasteiger partial charge in [0, 0.05) is 0 Å². The number of nitrogens with one attached hydrogen (secondary N) is 1. The number of carbonyl (C=O) groups excluding carboxylic acids is 1. The van der Waals surface area contributed by atoms with Crippen molar-refractivity contribution in [2.75, 3.05) is 17.1 Å². The summed E-state index contributed by atoms with van der Waals surface area (Å²) in [6, 6.07) is 9.72. The Morgan fingerprint density at radius 2 is 1.50 bits per heavy atom. The van der Waals surface area contributed by atoms with E-state index in [1.807, 2.05) is 65.8 Å². The molecule has 0 aromatic heterocycles. The van der Waals surface area contributed by atoms with Crippen LogP contribution in [0.1, 0.15) is 46.3 Å². The highest BCUT2D eigenvalue weighted by Gasteiger charge is 2.25. The zero-order valence-corrected chi connectivity index (χ0v) is 18.6. The topological polar surface area (TPSA) is 66.5 Å². The lowest BCUT2D eigenvalue weighted by molar-refractivity contribution is -0.120. The van der Waals surface area contributed by atoms with Crippen molar-refractivity contribution in [2.24, 2.45) is 0 Å². The van der Waals surface area contributed by atoms with Crippen LogP contribution < -0.4 is 9.62 Å². The number of benzene rings is 2. The smallest absolute Gasteiger partial charge is 0.241 e. The predicted molar refractivity (Wildman–Crippen MR) is 115 cm³/mol. The minimum atomic E-state index is -3.61. The molecular formula is C22H30N2O3S. The molecule has 0 aliphatic carbocycles. The second-order valence-electron chi connectivity index (χ2n) is 7.67. The van der Waals surface area contributed by atoms with Crippen LogP contribution in [0.2, 0.25) is 0 Å². The van der Waals surface area contributed by atoms with Crippen LogP contribution in [0.15, 0.2) is 30.3 Å². The molecule has 2 rings (SSSR count). The van der Waals surface area contributed by atoms with Crippen molar-refractivity contribution >= 4 is 21.6 Å². The van der Waals surface area contributed by atoms with Gasteiger partial charge in [-0.2, -0.15) is 0 Å². The third-order valence-electron chi connectivity index (χ3n) is 4.84. The Bertz CT molecular complexity index is 974. The highest BCUT2D eigenvalue weighted by Crippen LogP contribution is 2.28. The van der Waals surface area contributed by atoms with Gasteiger partial charge in [-0.25, -0.2) is 8.42 Å². The van der Waals surface area contributed by atoms with Crippen LogP contribution in [0.25, 0.3) is 0 Å². The maximum atomic E-state index is 12.7. The SMILES string of the molecule is Cc1ccc([C@@H](C)NC(=O)CN(c2c(C)cc(C)cc2C)S(C)(=O)=O)c(C)c1. The van der Waals surface area contributed by atoms with E-state index in [0.29, 0.717) is 5.69 Å². The fraction of sp³-hybridized carbons (Fsp3) is 0.409. The maximum absolute atomic E-state index is 12.7. The lowest BCUT2D eigenvalue weighted by Gasteiger charge is -2.27. The van der Waals surface area contributed by atoms with Gasteiger partial charge in [0.25, 0.3) is 0 Å².